The zero-order valence-corrected chi connectivity index (χ0v) is 9.05. The quantitative estimate of drug-likeness (QED) is 0.572. The van der Waals surface area contributed by atoms with Crippen molar-refractivity contribution in [2.24, 2.45) is 0 Å². The van der Waals surface area contributed by atoms with Gasteiger partial charge in [-0.2, -0.15) is 0 Å². The van der Waals surface area contributed by atoms with Crippen molar-refractivity contribution in [3.63, 3.8) is 0 Å². The van der Waals surface area contributed by atoms with Crippen molar-refractivity contribution < 1.29 is 19.0 Å². The highest BCUT2D eigenvalue weighted by atomic mass is 35.5. The number of carbonyl (C=O) groups excluding carboxylic acids is 1. The van der Waals surface area contributed by atoms with Gasteiger partial charge in [-0.1, -0.05) is 11.6 Å². The van der Waals surface area contributed by atoms with Crippen molar-refractivity contribution >= 4 is 17.6 Å². The second kappa shape index (κ2) is 3.62. The third-order valence-corrected chi connectivity index (χ3v) is 2.58. The lowest BCUT2D eigenvalue weighted by molar-refractivity contribution is -0.131. The number of hydrogen-bond donors (Lipinski definition) is 0. The maximum Gasteiger partial charge on any atom is 0.316 e. The predicted octanol–water partition coefficient (Wildman–Crippen LogP) is 1.82. The van der Waals surface area contributed by atoms with Crippen LogP contribution in [0.5, 0.6) is 17.2 Å². The summed E-state index contributed by atoms with van der Waals surface area (Å²) in [4.78, 5) is 11.1. The number of hydrogen-bond acceptors (Lipinski definition) is 4. The molecule has 0 saturated heterocycles. The minimum Gasteiger partial charge on any atom is -0.496 e. The maximum absolute atomic E-state index is 11.1. The topological polar surface area (TPSA) is 44.8 Å². The first kappa shape index (κ1) is 10.1. The largest absolute Gasteiger partial charge is 0.496 e. The van der Waals surface area contributed by atoms with Crippen molar-refractivity contribution in [3.05, 3.63) is 16.7 Å². The summed E-state index contributed by atoms with van der Waals surface area (Å²) in [6.45, 7) is 0. The van der Waals surface area contributed by atoms with Crippen LogP contribution in [0.3, 0.4) is 0 Å². The molecule has 0 fully saturated rings. The Hall–Kier alpha value is -1.42. The minimum atomic E-state index is -0.335. The van der Waals surface area contributed by atoms with E-state index in [0.717, 1.165) is 0 Å². The molecule has 0 bridgehead atoms. The first-order valence-corrected chi connectivity index (χ1v) is 4.69. The van der Waals surface area contributed by atoms with Crippen LogP contribution in [0.15, 0.2) is 6.07 Å². The lowest BCUT2D eigenvalue weighted by atomic mass is 10.1. The average molecular weight is 229 g/mol. The Morgan fingerprint density at radius 3 is 2.60 bits per heavy atom. The molecule has 1 aromatic carbocycles. The molecule has 1 aromatic rings. The molecule has 0 saturated carbocycles. The van der Waals surface area contributed by atoms with Gasteiger partial charge < -0.3 is 14.2 Å². The van der Waals surface area contributed by atoms with Crippen molar-refractivity contribution in [1.82, 2.24) is 0 Å². The first-order valence-electron chi connectivity index (χ1n) is 4.31. The number of benzene rings is 1. The lowest BCUT2D eigenvalue weighted by Crippen LogP contribution is -2.00. The minimum absolute atomic E-state index is 0.183. The van der Waals surface area contributed by atoms with Crippen LogP contribution in [0.25, 0.3) is 0 Å². The van der Waals surface area contributed by atoms with Crippen LogP contribution in [-0.2, 0) is 11.2 Å². The van der Waals surface area contributed by atoms with Gasteiger partial charge in [0.1, 0.15) is 16.5 Å². The van der Waals surface area contributed by atoms with E-state index in [1.54, 1.807) is 6.07 Å². The molecule has 1 heterocycles. The SMILES string of the molecule is COc1cc(OC)c2c(c1Cl)OC(=O)C2. The van der Waals surface area contributed by atoms with Gasteiger partial charge in [0.2, 0.25) is 0 Å². The highest BCUT2D eigenvalue weighted by Gasteiger charge is 2.29. The first-order chi connectivity index (χ1) is 7.17. The van der Waals surface area contributed by atoms with Gasteiger partial charge in [0.25, 0.3) is 0 Å². The molecule has 80 valence electrons. The van der Waals surface area contributed by atoms with Crippen LogP contribution >= 0.6 is 11.6 Å². The molecule has 5 heteroatoms. The summed E-state index contributed by atoms with van der Waals surface area (Å²) < 4.78 is 15.2. The van der Waals surface area contributed by atoms with Crippen LogP contribution in [0.4, 0.5) is 0 Å². The molecule has 15 heavy (non-hydrogen) atoms. The summed E-state index contributed by atoms with van der Waals surface area (Å²) in [5.41, 5.74) is 0.674. The number of ether oxygens (including phenoxy) is 3. The number of methoxy groups -OCH3 is 2. The molecule has 1 aliphatic heterocycles. The van der Waals surface area contributed by atoms with Crippen LogP contribution in [0, 0.1) is 0 Å². The Kier molecular flexibility index (Phi) is 2.44. The number of rotatable bonds is 2. The van der Waals surface area contributed by atoms with E-state index >= 15 is 0 Å². The second-order valence-corrected chi connectivity index (χ2v) is 3.43. The van der Waals surface area contributed by atoms with Crippen LogP contribution in [0.2, 0.25) is 5.02 Å². The maximum atomic E-state index is 11.1. The third kappa shape index (κ3) is 1.51. The Morgan fingerprint density at radius 1 is 1.33 bits per heavy atom. The number of carbonyl (C=O) groups is 1. The Balaban J connectivity index is 2.62. The number of fused-ring (bicyclic) bond motifs is 1. The second-order valence-electron chi connectivity index (χ2n) is 3.05. The standard InChI is InChI=1S/C10H9ClO4/c1-13-6-4-7(14-2)9(11)10-5(6)3-8(12)15-10/h4H,3H2,1-2H3. The number of esters is 1. The van der Waals surface area contributed by atoms with E-state index in [9.17, 15) is 4.79 Å². The number of halogens is 1. The van der Waals surface area contributed by atoms with E-state index in [4.69, 9.17) is 25.8 Å². The van der Waals surface area contributed by atoms with Gasteiger partial charge in [-0.15, -0.1) is 0 Å². The van der Waals surface area contributed by atoms with E-state index < -0.39 is 0 Å². The van der Waals surface area contributed by atoms with Crippen molar-refractivity contribution in [1.29, 1.82) is 0 Å². The fraction of sp³-hybridized carbons (Fsp3) is 0.300. The molecule has 0 atom stereocenters. The predicted molar refractivity (Wildman–Crippen MR) is 53.9 cm³/mol. The molecule has 0 aliphatic carbocycles. The van der Waals surface area contributed by atoms with E-state index in [1.165, 1.54) is 14.2 Å². The van der Waals surface area contributed by atoms with Gasteiger partial charge in [0.15, 0.2) is 5.75 Å². The molecule has 0 N–H and O–H groups in total. The van der Waals surface area contributed by atoms with E-state index in [0.29, 0.717) is 27.8 Å². The van der Waals surface area contributed by atoms with Crippen LogP contribution < -0.4 is 14.2 Å². The van der Waals surface area contributed by atoms with Gasteiger partial charge >= 0.3 is 5.97 Å². The third-order valence-electron chi connectivity index (χ3n) is 2.23. The van der Waals surface area contributed by atoms with Gasteiger partial charge in [-0.25, -0.2) is 0 Å². The molecular weight excluding hydrogens is 220 g/mol. The van der Waals surface area contributed by atoms with Gasteiger partial charge in [0, 0.05) is 11.6 Å². The Bertz CT molecular complexity index is 428. The molecule has 2 rings (SSSR count). The smallest absolute Gasteiger partial charge is 0.316 e. The van der Waals surface area contributed by atoms with E-state index in [-0.39, 0.29) is 12.4 Å². The van der Waals surface area contributed by atoms with Crippen LogP contribution in [0.1, 0.15) is 5.56 Å². The Morgan fingerprint density at radius 2 is 2.00 bits per heavy atom. The van der Waals surface area contributed by atoms with Gasteiger partial charge in [-0.05, 0) is 0 Å². The van der Waals surface area contributed by atoms with Gasteiger partial charge in [0.05, 0.1) is 20.6 Å². The molecule has 0 unspecified atom stereocenters. The fourth-order valence-corrected chi connectivity index (χ4v) is 1.81. The summed E-state index contributed by atoms with van der Waals surface area (Å²) in [7, 11) is 3.01. The summed E-state index contributed by atoms with van der Waals surface area (Å²) >= 11 is 5.99. The van der Waals surface area contributed by atoms with Crippen molar-refractivity contribution in [2.45, 2.75) is 6.42 Å². The van der Waals surface area contributed by atoms with E-state index in [1.807, 2.05) is 0 Å². The highest BCUT2D eigenvalue weighted by Crippen LogP contribution is 2.45. The average Bonchev–Trinajstić information content (AvgIpc) is 2.61. The lowest BCUT2D eigenvalue weighted by Gasteiger charge is -2.10. The monoisotopic (exact) mass is 228 g/mol. The molecule has 0 radical (unpaired) electrons. The van der Waals surface area contributed by atoms with Gasteiger partial charge in [-0.3, -0.25) is 4.79 Å². The van der Waals surface area contributed by atoms with E-state index in [2.05, 4.69) is 0 Å². The zero-order valence-electron chi connectivity index (χ0n) is 8.30. The van der Waals surface area contributed by atoms with Crippen molar-refractivity contribution in [2.75, 3.05) is 14.2 Å². The zero-order chi connectivity index (χ0) is 11.0. The summed E-state index contributed by atoms with van der Waals surface area (Å²) in [6, 6.07) is 1.64. The normalized spacial score (nSPS) is 13.4. The molecule has 0 amide bonds. The summed E-state index contributed by atoms with van der Waals surface area (Å²) in [6.07, 6.45) is 0.183. The molecule has 0 aromatic heterocycles. The molecule has 1 aliphatic rings. The summed E-state index contributed by atoms with van der Waals surface area (Å²) in [5, 5.41) is 0.305. The fourth-order valence-electron chi connectivity index (χ4n) is 1.52. The highest BCUT2D eigenvalue weighted by molar-refractivity contribution is 6.34. The molecule has 0 spiro atoms. The molecule has 4 nitrogen and oxygen atoms in total. The van der Waals surface area contributed by atoms with Crippen molar-refractivity contribution in [3.8, 4) is 17.2 Å². The molecular formula is C10H9ClO4. The van der Waals surface area contributed by atoms with Crippen LogP contribution in [-0.4, -0.2) is 20.2 Å². The summed E-state index contributed by atoms with van der Waals surface area (Å²) in [5.74, 6) is 0.996. The Labute approximate surface area is 91.7 Å².